The summed E-state index contributed by atoms with van der Waals surface area (Å²) in [5, 5.41) is 1.96. The number of benzene rings is 2. The molecule has 0 spiro atoms. The van der Waals surface area contributed by atoms with Crippen molar-refractivity contribution in [3.63, 3.8) is 0 Å². The van der Waals surface area contributed by atoms with Gasteiger partial charge < -0.3 is 14.2 Å². The first-order valence-electron chi connectivity index (χ1n) is 10.7. The van der Waals surface area contributed by atoms with Gasteiger partial charge in [0.1, 0.15) is 18.2 Å². The van der Waals surface area contributed by atoms with Crippen LogP contribution >= 0.6 is 11.3 Å². The lowest BCUT2D eigenvalue weighted by Gasteiger charge is -2.32. The van der Waals surface area contributed by atoms with E-state index in [-0.39, 0.29) is 5.91 Å². The topological polar surface area (TPSA) is 47.4 Å². The summed E-state index contributed by atoms with van der Waals surface area (Å²) in [6, 6.07) is 22.0. The molecule has 5 rings (SSSR count). The number of aromatic nitrogens is 2. The molecule has 6 heteroatoms. The van der Waals surface area contributed by atoms with Crippen LogP contribution in [0.1, 0.15) is 28.3 Å². The molecule has 4 aromatic rings. The zero-order valence-electron chi connectivity index (χ0n) is 17.3. The third-order valence-corrected chi connectivity index (χ3v) is 6.78. The van der Waals surface area contributed by atoms with Crippen molar-refractivity contribution in [2.24, 2.45) is 5.92 Å². The Labute approximate surface area is 185 Å². The van der Waals surface area contributed by atoms with Crippen molar-refractivity contribution < 1.29 is 9.53 Å². The molecule has 1 aliphatic rings. The third-order valence-electron chi connectivity index (χ3n) is 5.92. The highest BCUT2D eigenvalue weighted by Crippen LogP contribution is 2.25. The van der Waals surface area contributed by atoms with Crippen LogP contribution in [0.5, 0.6) is 5.75 Å². The highest BCUT2D eigenvalue weighted by molar-refractivity contribution is 7.12. The second-order valence-electron chi connectivity index (χ2n) is 7.94. The molecule has 2 aromatic heterocycles. The molecule has 1 fully saturated rings. The molecule has 1 amide bonds. The van der Waals surface area contributed by atoms with E-state index >= 15 is 0 Å². The number of carbonyl (C=O) groups is 1. The van der Waals surface area contributed by atoms with Crippen molar-refractivity contribution in [1.29, 1.82) is 0 Å². The Morgan fingerprint density at radius 3 is 2.55 bits per heavy atom. The lowest BCUT2D eigenvalue weighted by Crippen LogP contribution is -2.39. The summed E-state index contributed by atoms with van der Waals surface area (Å²) in [6.45, 7) is 2.96. The van der Waals surface area contributed by atoms with Crippen molar-refractivity contribution in [2.45, 2.75) is 26.0 Å². The first kappa shape index (κ1) is 19.8. The van der Waals surface area contributed by atoms with Crippen molar-refractivity contribution in [3.8, 4) is 5.75 Å². The first-order chi connectivity index (χ1) is 15.3. The molecule has 0 bridgehead atoms. The van der Waals surface area contributed by atoms with Gasteiger partial charge in [-0.1, -0.05) is 36.4 Å². The molecule has 0 aliphatic carbocycles. The minimum absolute atomic E-state index is 0.165. The molecule has 158 valence electrons. The molecular weight excluding hydrogens is 406 g/mol. The number of hydrogen-bond acceptors (Lipinski definition) is 4. The summed E-state index contributed by atoms with van der Waals surface area (Å²) in [5.41, 5.74) is 2.14. The van der Waals surface area contributed by atoms with E-state index in [4.69, 9.17) is 9.72 Å². The van der Waals surface area contributed by atoms with Gasteiger partial charge in [0.05, 0.1) is 15.9 Å². The number of imidazole rings is 1. The molecule has 0 N–H and O–H groups in total. The summed E-state index contributed by atoms with van der Waals surface area (Å²) >= 11 is 1.52. The summed E-state index contributed by atoms with van der Waals surface area (Å²) in [6.07, 6.45) is 2.01. The maximum absolute atomic E-state index is 12.6. The second kappa shape index (κ2) is 8.94. The van der Waals surface area contributed by atoms with Crippen LogP contribution in [0.4, 0.5) is 0 Å². The SMILES string of the molecule is O=C(c1cccs1)N1CCC(Cn2c(COc3ccccc3)nc3ccccc32)CC1. The van der Waals surface area contributed by atoms with Crippen LogP contribution in [0.2, 0.25) is 0 Å². The molecule has 1 aliphatic heterocycles. The molecule has 5 nitrogen and oxygen atoms in total. The lowest BCUT2D eigenvalue weighted by molar-refractivity contribution is 0.0687. The zero-order valence-corrected chi connectivity index (χ0v) is 18.1. The Morgan fingerprint density at radius 1 is 1.00 bits per heavy atom. The molecule has 2 aromatic carbocycles. The van der Waals surface area contributed by atoms with Gasteiger partial charge in [0.2, 0.25) is 0 Å². The largest absolute Gasteiger partial charge is 0.486 e. The molecule has 0 saturated carbocycles. The molecule has 1 saturated heterocycles. The second-order valence-corrected chi connectivity index (χ2v) is 8.89. The summed E-state index contributed by atoms with van der Waals surface area (Å²) in [5.74, 6) is 2.47. The average Bonchev–Trinajstić information content (AvgIpc) is 3.47. The van der Waals surface area contributed by atoms with Gasteiger partial charge in [0.15, 0.2) is 0 Å². The molecule has 3 heterocycles. The number of hydrogen-bond donors (Lipinski definition) is 0. The number of thiophene rings is 1. The normalized spacial score (nSPS) is 14.8. The Balaban J connectivity index is 1.29. The average molecular weight is 432 g/mol. The zero-order chi connectivity index (χ0) is 21.0. The van der Waals surface area contributed by atoms with Gasteiger partial charge in [-0.25, -0.2) is 4.98 Å². The summed E-state index contributed by atoms with van der Waals surface area (Å²) < 4.78 is 8.31. The Morgan fingerprint density at radius 2 is 1.77 bits per heavy atom. The van der Waals surface area contributed by atoms with Crippen LogP contribution in [0.3, 0.4) is 0 Å². The number of nitrogens with zero attached hydrogens (tertiary/aromatic N) is 3. The number of ether oxygens (including phenoxy) is 1. The van der Waals surface area contributed by atoms with Gasteiger partial charge >= 0.3 is 0 Å². The fraction of sp³-hybridized carbons (Fsp3) is 0.280. The van der Waals surface area contributed by atoms with Gasteiger partial charge in [0.25, 0.3) is 5.91 Å². The minimum Gasteiger partial charge on any atom is -0.486 e. The van der Waals surface area contributed by atoms with E-state index in [9.17, 15) is 4.79 Å². The van der Waals surface area contributed by atoms with Crippen LogP contribution in [0.25, 0.3) is 11.0 Å². The number of amides is 1. The predicted octanol–water partition coefficient (Wildman–Crippen LogP) is 5.23. The van der Waals surface area contributed by atoms with Gasteiger partial charge in [-0.3, -0.25) is 4.79 Å². The van der Waals surface area contributed by atoms with Crippen molar-refractivity contribution >= 4 is 28.3 Å². The van der Waals surface area contributed by atoms with Crippen molar-refractivity contribution in [2.75, 3.05) is 13.1 Å². The monoisotopic (exact) mass is 431 g/mol. The number of carbonyl (C=O) groups excluding carboxylic acids is 1. The molecule has 0 radical (unpaired) electrons. The van der Waals surface area contributed by atoms with E-state index in [0.717, 1.165) is 60.0 Å². The Bertz CT molecular complexity index is 1150. The minimum atomic E-state index is 0.165. The van der Waals surface area contributed by atoms with Gasteiger partial charge in [-0.05, 0) is 54.5 Å². The molecule has 0 unspecified atom stereocenters. The standard InChI is InChI=1S/C25H25N3O2S/c29-25(23-11-6-16-31-23)27-14-12-19(13-15-27)17-28-22-10-5-4-9-21(22)26-24(28)18-30-20-7-2-1-3-8-20/h1-11,16,19H,12-15,17-18H2. The van der Waals surface area contributed by atoms with Crippen LogP contribution in [-0.2, 0) is 13.2 Å². The Hall–Kier alpha value is -3.12. The predicted molar refractivity (Wildman–Crippen MR) is 123 cm³/mol. The fourth-order valence-corrected chi connectivity index (χ4v) is 4.93. The maximum atomic E-state index is 12.6. The van der Waals surface area contributed by atoms with E-state index in [1.165, 1.54) is 11.3 Å². The van der Waals surface area contributed by atoms with Crippen molar-refractivity contribution in [3.05, 3.63) is 82.8 Å². The van der Waals surface area contributed by atoms with E-state index in [1.54, 1.807) is 0 Å². The highest BCUT2D eigenvalue weighted by atomic mass is 32.1. The van der Waals surface area contributed by atoms with Gasteiger partial charge in [-0.15, -0.1) is 11.3 Å². The molecule has 0 atom stereocenters. The van der Waals surface area contributed by atoms with E-state index in [1.807, 2.05) is 58.8 Å². The van der Waals surface area contributed by atoms with Crippen molar-refractivity contribution in [1.82, 2.24) is 14.5 Å². The number of fused-ring (bicyclic) bond motifs is 1. The highest BCUT2D eigenvalue weighted by Gasteiger charge is 2.25. The van der Waals surface area contributed by atoms with E-state index in [2.05, 4.69) is 22.8 Å². The number of rotatable bonds is 6. The van der Waals surface area contributed by atoms with E-state index < -0.39 is 0 Å². The van der Waals surface area contributed by atoms with Gasteiger partial charge in [-0.2, -0.15) is 0 Å². The number of para-hydroxylation sites is 3. The molecular formula is C25H25N3O2S. The van der Waals surface area contributed by atoms with Gasteiger partial charge in [0, 0.05) is 19.6 Å². The maximum Gasteiger partial charge on any atom is 0.263 e. The van der Waals surface area contributed by atoms with Crippen LogP contribution in [0, 0.1) is 5.92 Å². The third kappa shape index (κ3) is 4.35. The smallest absolute Gasteiger partial charge is 0.263 e. The quantitative estimate of drug-likeness (QED) is 0.420. The Kier molecular flexibility index (Phi) is 5.71. The summed E-state index contributed by atoms with van der Waals surface area (Å²) in [7, 11) is 0. The fourth-order valence-electron chi connectivity index (χ4n) is 4.24. The van der Waals surface area contributed by atoms with E-state index in [0.29, 0.717) is 12.5 Å². The van der Waals surface area contributed by atoms with Crippen LogP contribution < -0.4 is 4.74 Å². The lowest BCUT2D eigenvalue weighted by atomic mass is 9.96. The van der Waals surface area contributed by atoms with Crippen LogP contribution in [-0.4, -0.2) is 33.4 Å². The number of piperidine rings is 1. The summed E-state index contributed by atoms with van der Waals surface area (Å²) in [4.78, 5) is 20.3. The van der Waals surface area contributed by atoms with Crippen LogP contribution in [0.15, 0.2) is 72.1 Å². The number of likely N-dealkylation sites (tertiary alicyclic amines) is 1. The molecule has 31 heavy (non-hydrogen) atoms. The first-order valence-corrected chi connectivity index (χ1v) is 11.6.